The first-order chi connectivity index (χ1) is 10.3. The molecule has 0 atom stereocenters. The Kier molecular flexibility index (Phi) is 6.18. The summed E-state index contributed by atoms with van der Waals surface area (Å²) in [5, 5.41) is 11.1. The van der Waals surface area contributed by atoms with Crippen LogP contribution in [0.25, 0.3) is 0 Å². The van der Waals surface area contributed by atoms with Crippen LogP contribution in [0, 0.1) is 0 Å². The number of rotatable bonds is 9. The quantitative estimate of drug-likeness (QED) is 0.712. The van der Waals surface area contributed by atoms with Crippen LogP contribution in [-0.2, 0) is 24.3 Å². The molecule has 0 radical (unpaired) electrons. The fourth-order valence-electron chi connectivity index (χ4n) is 1.79. The second-order valence-corrected chi connectivity index (χ2v) is 4.55. The zero-order valence-electron chi connectivity index (χ0n) is 12.5. The van der Waals surface area contributed by atoms with Gasteiger partial charge in [0.15, 0.2) is 6.61 Å². The zero-order valence-corrected chi connectivity index (χ0v) is 12.5. The van der Waals surface area contributed by atoms with Crippen molar-refractivity contribution in [3.63, 3.8) is 0 Å². The van der Waals surface area contributed by atoms with Gasteiger partial charge in [-0.3, -0.25) is 0 Å². The van der Waals surface area contributed by atoms with E-state index >= 15 is 0 Å². The summed E-state index contributed by atoms with van der Waals surface area (Å²) in [6.45, 7) is 4.56. The number of hydrogen-bond acceptors (Lipinski definition) is 6. The van der Waals surface area contributed by atoms with Crippen LogP contribution in [0.15, 0.2) is 28.7 Å². The summed E-state index contributed by atoms with van der Waals surface area (Å²) in [6.07, 6.45) is 0.732. The van der Waals surface area contributed by atoms with Gasteiger partial charge in [-0.15, -0.1) is 10.2 Å². The van der Waals surface area contributed by atoms with Crippen molar-refractivity contribution >= 4 is 0 Å². The second-order valence-electron chi connectivity index (χ2n) is 4.55. The molecule has 0 bridgehead atoms. The number of hydrogen-bond donors (Lipinski definition) is 1. The van der Waals surface area contributed by atoms with Crippen LogP contribution in [-0.4, -0.2) is 30.5 Å². The lowest BCUT2D eigenvalue weighted by molar-refractivity contribution is 0.199. The first-order valence-corrected chi connectivity index (χ1v) is 7.04. The highest BCUT2D eigenvalue weighted by molar-refractivity contribution is 5.28. The van der Waals surface area contributed by atoms with Crippen molar-refractivity contribution in [1.29, 1.82) is 0 Å². The van der Waals surface area contributed by atoms with Crippen molar-refractivity contribution in [2.45, 2.75) is 26.5 Å². The molecule has 0 aliphatic heterocycles. The monoisotopic (exact) mass is 291 g/mol. The molecule has 114 valence electrons. The van der Waals surface area contributed by atoms with Crippen LogP contribution in [0.2, 0.25) is 0 Å². The number of aromatic nitrogens is 2. The third-order valence-electron chi connectivity index (χ3n) is 2.88. The molecule has 1 heterocycles. The highest BCUT2D eigenvalue weighted by atomic mass is 16.5. The molecule has 0 amide bonds. The minimum Gasteiger partial charge on any atom is -0.484 e. The highest BCUT2D eigenvalue weighted by Gasteiger charge is 2.05. The van der Waals surface area contributed by atoms with Crippen molar-refractivity contribution in [2.24, 2.45) is 0 Å². The number of benzene rings is 1. The molecule has 1 aromatic carbocycles. The topological polar surface area (TPSA) is 69.4 Å². The van der Waals surface area contributed by atoms with Gasteiger partial charge in [0.1, 0.15) is 5.75 Å². The minimum atomic E-state index is 0.285. The third-order valence-corrected chi connectivity index (χ3v) is 2.88. The largest absolute Gasteiger partial charge is 0.484 e. The van der Waals surface area contributed by atoms with Crippen LogP contribution in [0.5, 0.6) is 5.75 Å². The Morgan fingerprint density at radius 2 is 2.10 bits per heavy atom. The van der Waals surface area contributed by atoms with Crippen molar-refractivity contribution < 1.29 is 13.9 Å². The van der Waals surface area contributed by atoms with Gasteiger partial charge in [-0.1, -0.05) is 19.1 Å². The maximum Gasteiger partial charge on any atom is 0.253 e. The molecule has 2 rings (SSSR count). The molecule has 2 aromatic rings. The van der Waals surface area contributed by atoms with E-state index in [0.29, 0.717) is 18.4 Å². The van der Waals surface area contributed by atoms with Gasteiger partial charge < -0.3 is 19.2 Å². The van der Waals surface area contributed by atoms with E-state index < -0.39 is 0 Å². The van der Waals surface area contributed by atoms with E-state index in [1.54, 1.807) is 7.11 Å². The lowest BCUT2D eigenvalue weighted by atomic mass is 10.2. The molecule has 1 aromatic heterocycles. The summed E-state index contributed by atoms with van der Waals surface area (Å²) in [4.78, 5) is 0. The number of methoxy groups -OCH3 is 1. The van der Waals surface area contributed by atoms with E-state index in [-0.39, 0.29) is 6.61 Å². The highest BCUT2D eigenvalue weighted by Crippen LogP contribution is 2.15. The molecule has 0 spiro atoms. The van der Waals surface area contributed by atoms with Gasteiger partial charge in [0.25, 0.3) is 5.89 Å². The number of aryl methyl sites for hydroxylation is 1. The zero-order chi connectivity index (χ0) is 14.9. The van der Waals surface area contributed by atoms with Crippen molar-refractivity contribution in [3.05, 3.63) is 41.6 Å². The summed E-state index contributed by atoms with van der Waals surface area (Å²) < 4.78 is 16.1. The molecular weight excluding hydrogens is 270 g/mol. The predicted octanol–water partition coefficient (Wildman–Crippen LogP) is 1.95. The summed E-state index contributed by atoms with van der Waals surface area (Å²) in [5.41, 5.74) is 1.16. The molecule has 0 aliphatic carbocycles. The maximum atomic E-state index is 5.67. The molecule has 0 unspecified atom stereocenters. The Morgan fingerprint density at radius 3 is 2.86 bits per heavy atom. The normalized spacial score (nSPS) is 10.8. The lowest BCUT2D eigenvalue weighted by Crippen LogP contribution is -2.18. The molecule has 0 fully saturated rings. The Labute approximate surface area is 124 Å². The van der Waals surface area contributed by atoms with Gasteiger partial charge in [0.05, 0.1) is 6.61 Å². The van der Waals surface area contributed by atoms with E-state index in [1.807, 2.05) is 25.1 Å². The van der Waals surface area contributed by atoms with Gasteiger partial charge in [0, 0.05) is 26.6 Å². The van der Waals surface area contributed by atoms with Gasteiger partial charge in [-0.25, -0.2) is 0 Å². The molecule has 0 aliphatic rings. The molecule has 0 saturated carbocycles. The molecule has 1 N–H and O–H groups in total. The fourth-order valence-corrected chi connectivity index (χ4v) is 1.79. The van der Waals surface area contributed by atoms with Gasteiger partial charge in [0.2, 0.25) is 5.89 Å². The Balaban J connectivity index is 1.82. The standard InChI is InChI=1S/C15H21N3O3/c1-3-14-17-18-15(21-14)11-20-13-6-4-5-12(9-13)10-16-7-8-19-2/h4-6,9,16H,3,7-8,10-11H2,1-2H3. The van der Waals surface area contributed by atoms with Gasteiger partial charge in [-0.05, 0) is 17.7 Å². The Morgan fingerprint density at radius 1 is 1.24 bits per heavy atom. The van der Waals surface area contributed by atoms with Crippen LogP contribution in [0.4, 0.5) is 0 Å². The van der Waals surface area contributed by atoms with E-state index in [0.717, 1.165) is 30.8 Å². The second kappa shape index (κ2) is 8.39. The minimum absolute atomic E-state index is 0.285. The molecule has 21 heavy (non-hydrogen) atoms. The average Bonchev–Trinajstić information content (AvgIpc) is 2.98. The first kappa shape index (κ1) is 15.5. The summed E-state index contributed by atoms with van der Waals surface area (Å²) in [7, 11) is 1.69. The van der Waals surface area contributed by atoms with E-state index in [1.165, 1.54) is 0 Å². The number of nitrogens with one attached hydrogen (secondary N) is 1. The van der Waals surface area contributed by atoms with E-state index in [9.17, 15) is 0 Å². The smallest absolute Gasteiger partial charge is 0.253 e. The van der Waals surface area contributed by atoms with Gasteiger partial charge >= 0.3 is 0 Å². The lowest BCUT2D eigenvalue weighted by Gasteiger charge is -2.07. The predicted molar refractivity (Wildman–Crippen MR) is 78.0 cm³/mol. The van der Waals surface area contributed by atoms with E-state index in [4.69, 9.17) is 13.9 Å². The maximum absolute atomic E-state index is 5.67. The molecular formula is C15H21N3O3. The fraction of sp³-hybridized carbons (Fsp3) is 0.467. The molecule has 6 heteroatoms. The Bertz CT molecular complexity index is 542. The molecule has 6 nitrogen and oxygen atoms in total. The number of nitrogens with zero attached hydrogens (tertiary/aromatic N) is 2. The van der Waals surface area contributed by atoms with Crippen molar-refractivity contribution in [2.75, 3.05) is 20.3 Å². The average molecular weight is 291 g/mol. The van der Waals surface area contributed by atoms with Crippen LogP contribution in [0.1, 0.15) is 24.3 Å². The number of ether oxygens (including phenoxy) is 2. The SMILES string of the molecule is CCc1nnc(COc2cccc(CNCCOC)c2)o1. The van der Waals surface area contributed by atoms with Crippen molar-refractivity contribution in [3.8, 4) is 5.75 Å². The Hall–Kier alpha value is -1.92. The van der Waals surface area contributed by atoms with Gasteiger partial charge in [-0.2, -0.15) is 0 Å². The third kappa shape index (κ3) is 5.17. The van der Waals surface area contributed by atoms with E-state index in [2.05, 4.69) is 21.6 Å². The van der Waals surface area contributed by atoms with Crippen LogP contribution < -0.4 is 10.1 Å². The van der Waals surface area contributed by atoms with Crippen LogP contribution in [0.3, 0.4) is 0 Å². The summed E-state index contributed by atoms with van der Waals surface area (Å²) in [6, 6.07) is 7.93. The summed E-state index contributed by atoms with van der Waals surface area (Å²) in [5.74, 6) is 1.91. The first-order valence-electron chi connectivity index (χ1n) is 7.04. The summed E-state index contributed by atoms with van der Waals surface area (Å²) >= 11 is 0. The molecule has 0 saturated heterocycles. The van der Waals surface area contributed by atoms with Crippen molar-refractivity contribution in [1.82, 2.24) is 15.5 Å². The van der Waals surface area contributed by atoms with Crippen LogP contribution >= 0.6 is 0 Å².